The van der Waals surface area contributed by atoms with Crippen LogP contribution in [0, 0.1) is 0 Å². The van der Waals surface area contributed by atoms with Crippen LogP contribution in [0.4, 0.5) is 0 Å². The van der Waals surface area contributed by atoms with Crippen molar-refractivity contribution >= 4 is 5.91 Å². The van der Waals surface area contributed by atoms with E-state index in [-0.39, 0.29) is 12.5 Å². The zero-order valence-corrected chi connectivity index (χ0v) is 7.78. The van der Waals surface area contributed by atoms with E-state index in [1.807, 2.05) is 6.92 Å². The molecule has 0 atom stereocenters. The van der Waals surface area contributed by atoms with E-state index >= 15 is 0 Å². The van der Waals surface area contributed by atoms with Crippen LogP contribution in [0.15, 0.2) is 12.4 Å². The molecule has 0 aromatic carbocycles. The first kappa shape index (κ1) is 9.57. The number of nitrogens with one attached hydrogen (secondary N) is 1. The predicted molar refractivity (Wildman–Crippen MR) is 47.4 cm³/mol. The van der Waals surface area contributed by atoms with E-state index < -0.39 is 0 Å². The Morgan fingerprint density at radius 2 is 2.54 bits per heavy atom. The highest BCUT2D eigenvalue weighted by molar-refractivity contribution is 5.77. The minimum absolute atomic E-state index is 0.0412. The summed E-state index contributed by atoms with van der Waals surface area (Å²) < 4.78 is 6.76. The first-order chi connectivity index (χ1) is 6.22. The number of rotatable bonds is 4. The zero-order valence-electron chi connectivity index (χ0n) is 7.78. The van der Waals surface area contributed by atoms with Gasteiger partial charge in [-0.1, -0.05) is 0 Å². The van der Waals surface area contributed by atoms with E-state index in [1.54, 1.807) is 24.1 Å². The quantitative estimate of drug-likeness (QED) is 0.711. The highest BCUT2D eigenvalue weighted by Gasteiger charge is 2.01. The monoisotopic (exact) mass is 183 g/mol. The summed E-state index contributed by atoms with van der Waals surface area (Å²) in [6.45, 7) is 2.52. The normalized spacial score (nSPS) is 9.69. The second-order valence-electron chi connectivity index (χ2n) is 2.59. The fraction of sp³-hybridized carbons (Fsp3) is 0.500. The van der Waals surface area contributed by atoms with Gasteiger partial charge in [0.15, 0.2) is 12.4 Å². The lowest BCUT2D eigenvalue weighted by molar-refractivity contribution is -0.122. The summed E-state index contributed by atoms with van der Waals surface area (Å²) >= 11 is 0. The lowest BCUT2D eigenvalue weighted by atomic mass is 10.6. The standard InChI is InChI=1S/C8H13N3O2/c1-3-9-8(12)6-13-7-4-10-11(2)5-7/h4-5H,3,6H2,1-2H3,(H,9,12). The molecule has 13 heavy (non-hydrogen) atoms. The Kier molecular flexibility index (Phi) is 3.31. The molecular weight excluding hydrogens is 170 g/mol. The SMILES string of the molecule is CCNC(=O)COc1cnn(C)c1. The number of aryl methyl sites for hydroxylation is 1. The van der Waals surface area contributed by atoms with E-state index in [0.717, 1.165) is 0 Å². The topological polar surface area (TPSA) is 56.1 Å². The fourth-order valence-corrected chi connectivity index (χ4v) is 0.870. The summed E-state index contributed by atoms with van der Waals surface area (Å²) in [5.74, 6) is 0.486. The van der Waals surface area contributed by atoms with Crippen molar-refractivity contribution in [1.82, 2.24) is 15.1 Å². The molecule has 1 amide bonds. The van der Waals surface area contributed by atoms with Gasteiger partial charge in [-0.15, -0.1) is 0 Å². The summed E-state index contributed by atoms with van der Waals surface area (Å²) in [7, 11) is 1.79. The number of hydrogen-bond donors (Lipinski definition) is 1. The van der Waals surface area contributed by atoms with Gasteiger partial charge < -0.3 is 10.1 Å². The van der Waals surface area contributed by atoms with Gasteiger partial charge in [0.25, 0.3) is 5.91 Å². The fourth-order valence-electron chi connectivity index (χ4n) is 0.870. The lowest BCUT2D eigenvalue weighted by Gasteiger charge is -2.02. The van der Waals surface area contributed by atoms with E-state index in [0.29, 0.717) is 12.3 Å². The number of ether oxygens (including phenoxy) is 1. The number of carbonyl (C=O) groups excluding carboxylic acids is 1. The second kappa shape index (κ2) is 4.49. The first-order valence-electron chi connectivity index (χ1n) is 4.10. The molecule has 1 heterocycles. The minimum atomic E-state index is -0.119. The molecule has 0 fully saturated rings. The molecule has 5 nitrogen and oxygen atoms in total. The Balaban J connectivity index is 2.30. The maximum absolute atomic E-state index is 11.0. The predicted octanol–water partition coefficient (Wildman–Crippen LogP) is -0.0650. The van der Waals surface area contributed by atoms with Crippen molar-refractivity contribution in [3.05, 3.63) is 12.4 Å². The average molecular weight is 183 g/mol. The Bertz CT molecular complexity index is 283. The Morgan fingerprint density at radius 1 is 1.77 bits per heavy atom. The lowest BCUT2D eigenvalue weighted by Crippen LogP contribution is -2.28. The van der Waals surface area contributed by atoms with Gasteiger partial charge in [-0.2, -0.15) is 5.10 Å². The largest absolute Gasteiger partial charge is 0.480 e. The number of nitrogens with zero attached hydrogens (tertiary/aromatic N) is 2. The van der Waals surface area contributed by atoms with Crippen LogP contribution in [0.1, 0.15) is 6.92 Å². The molecule has 0 saturated carbocycles. The summed E-state index contributed by atoms with van der Waals surface area (Å²) in [5.41, 5.74) is 0. The van der Waals surface area contributed by atoms with Gasteiger partial charge in [-0.3, -0.25) is 9.48 Å². The summed E-state index contributed by atoms with van der Waals surface area (Å²) in [6, 6.07) is 0. The van der Waals surface area contributed by atoms with Gasteiger partial charge in [0.2, 0.25) is 0 Å². The second-order valence-corrected chi connectivity index (χ2v) is 2.59. The molecule has 0 radical (unpaired) electrons. The minimum Gasteiger partial charge on any atom is -0.480 e. The van der Waals surface area contributed by atoms with E-state index in [4.69, 9.17) is 4.74 Å². The first-order valence-corrected chi connectivity index (χ1v) is 4.10. The van der Waals surface area contributed by atoms with Crippen molar-refractivity contribution in [2.45, 2.75) is 6.92 Å². The maximum atomic E-state index is 11.0. The number of likely N-dealkylation sites (N-methyl/N-ethyl adjacent to an activating group) is 1. The molecule has 72 valence electrons. The van der Waals surface area contributed by atoms with Crippen LogP contribution in [0.5, 0.6) is 5.75 Å². The molecule has 0 spiro atoms. The maximum Gasteiger partial charge on any atom is 0.257 e. The molecule has 5 heteroatoms. The van der Waals surface area contributed by atoms with E-state index in [9.17, 15) is 4.79 Å². The molecule has 1 N–H and O–H groups in total. The molecule has 0 aliphatic carbocycles. The average Bonchev–Trinajstić information content (AvgIpc) is 2.49. The van der Waals surface area contributed by atoms with Crippen molar-refractivity contribution < 1.29 is 9.53 Å². The number of carbonyl (C=O) groups is 1. The Morgan fingerprint density at radius 3 is 3.08 bits per heavy atom. The van der Waals surface area contributed by atoms with Gasteiger partial charge in [0, 0.05) is 13.6 Å². The number of hydrogen-bond acceptors (Lipinski definition) is 3. The molecular formula is C8H13N3O2. The summed E-state index contributed by atoms with van der Waals surface area (Å²) in [5, 5.41) is 6.53. The molecule has 0 saturated heterocycles. The third kappa shape index (κ3) is 3.14. The summed E-state index contributed by atoms with van der Waals surface area (Å²) in [6.07, 6.45) is 3.28. The van der Waals surface area contributed by atoms with Crippen LogP contribution in [0.3, 0.4) is 0 Å². The smallest absolute Gasteiger partial charge is 0.257 e. The summed E-state index contributed by atoms with van der Waals surface area (Å²) in [4.78, 5) is 11.0. The third-order valence-corrected chi connectivity index (χ3v) is 1.43. The van der Waals surface area contributed by atoms with Gasteiger partial charge in [0.05, 0.1) is 12.4 Å². The van der Waals surface area contributed by atoms with Crippen molar-refractivity contribution in [3.63, 3.8) is 0 Å². The van der Waals surface area contributed by atoms with Crippen LogP contribution in [0.25, 0.3) is 0 Å². The third-order valence-electron chi connectivity index (χ3n) is 1.43. The van der Waals surface area contributed by atoms with Crippen molar-refractivity contribution in [3.8, 4) is 5.75 Å². The highest BCUT2D eigenvalue weighted by Crippen LogP contribution is 2.05. The van der Waals surface area contributed by atoms with Crippen LogP contribution in [-0.4, -0.2) is 28.8 Å². The van der Waals surface area contributed by atoms with E-state index in [2.05, 4.69) is 10.4 Å². The van der Waals surface area contributed by atoms with Gasteiger partial charge in [0.1, 0.15) is 0 Å². The molecule has 0 bridgehead atoms. The molecule has 1 aromatic heterocycles. The molecule has 0 aliphatic rings. The van der Waals surface area contributed by atoms with Crippen LogP contribution in [0.2, 0.25) is 0 Å². The molecule has 0 unspecified atom stereocenters. The van der Waals surface area contributed by atoms with Crippen molar-refractivity contribution in [2.75, 3.05) is 13.2 Å². The van der Waals surface area contributed by atoms with Gasteiger partial charge >= 0.3 is 0 Å². The van der Waals surface area contributed by atoms with Crippen molar-refractivity contribution in [1.29, 1.82) is 0 Å². The van der Waals surface area contributed by atoms with Gasteiger partial charge in [-0.25, -0.2) is 0 Å². The Labute approximate surface area is 76.7 Å². The van der Waals surface area contributed by atoms with Gasteiger partial charge in [-0.05, 0) is 6.92 Å². The molecule has 1 aromatic rings. The highest BCUT2D eigenvalue weighted by atomic mass is 16.5. The molecule has 0 aliphatic heterocycles. The number of aromatic nitrogens is 2. The van der Waals surface area contributed by atoms with Crippen molar-refractivity contribution in [2.24, 2.45) is 7.05 Å². The molecule has 1 rings (SSSR count). The van der Waals surface area contributed by atoms with Crippen LogP contribution >= 0.6 is 0 Å². The Hall–Kier alpha value is -1.52. The number of amides is 1. The van der Waals surface area contributed by atoms with Crippen LogP contribution in [-0.2, 0) is 11.8 Å². The van der Waals surface area contributed by atoms with Crippen LogP contribution < -0.4 is 10.1 Å². The van der Waals surface area contributed by atoms with E-state index in [1.165, 1.54) is 0 Å². The zero-order chi connectivity index (χ0) is 9.68.